The van der Waals surface area contributed by atoms with Crippen molar-refractivity contribution < 1.29 is 81.1 Å². The van der Waals surface area contributed by atoms with E-state index in [0.717, 1.165) is 0 Å². The summed E-state index contributed by atoms with van der Waals surface area (Å²) in [5.74, 6) is -4.07. The van der Waals surface area contributed by atoms with Gasteiger partial charge in [0.05, 0.1) is 25.2 Å². The molecule has 0 spiro atoms. The third-order valence-electron chi connectivity index (χ3n) is 3.69. The molecule has 0 aliphatic rings. The second-order valence-corrected chi connectivity index (χ2v) is 5.97. The fourth-order valence-electron chi connectivity index (χ4n) is 1.73. The van der Waals surface area contributed by atoms with Crippen LogP contribution in [0.1, 0.15) is 0 Å². The zero-order valence-electron chi connectivity index (χ0n) is 15.9. The van der Waals surface area contributed by atoms with Crippen molar-refractivity contribution in [3.63, 3.8) is 0 Å². The predicted octanol–water partition coefficient (Wildman–Crippen LogP) is -11.3. The Labute approximate surface area is 204 Å². The van der Waals surface area contributed by atoms with Gasteiger partial charge in [-0.1, -0.05) is 0 Å². The van der Waals surface area contributed by atoms with Crippen molar-refractivity contribution in [1.82, 2.24) is 0 Å². The molecule has 16 nitrogen and oxygen atoms in total. The van der Waals surface area contributed by atoms with E-state index in [0.29, 0.717) is 0 Å². The summed E-state index contributed by atoms with van der Waals surface area (Å²) in [5, 5.41) is 126. The number of carbonyl (C=O) groups excluding carboxylic acids is 2. The minimum absolute atomic E-state index is 0. The molecule has 0 rings (SSSR count). The fourth-order valence-corrected chi connectivity index (χ4v) is 1.73. The first kappa shape index (κ1) is 35.3. The van der Waals surface area contributed by atoms with Gasteiger partial charge in [0.25, 0.3) is 0 Å². The Kier molecular flexibility index (Phi) is 19.6. The summed E-state index contributed by atoms with van der Waals surface area (Å²) in [7, 11) is 0. The smallest absolute Gasteiger partial charge is 0.547 e. The molecule has 0 fully saturated rings. The van der Waals surface area contributed by atoms with E-state index in [1.165, 1.54) is 0 Å². The summed E-state index contributed by atoms with van der Waals surface area (Å²) in [6.45, 7) is -1.79. The summed E-state index contributed by atoms with van der Waals surface area (Å²) in [6, 6.07) is 0. The van der Waals surface area contributed by atoms with Crippen LogP contribution in [0.5, 0.6) is 0 Å². The molecular formula is C14H26CaO16. The first-order valence-electron chi connectivity index (χ1n) is 8.09. The molecule has 2 unspecified atom stereocenters. The first-order valence-corrected chi connectivity index (χ1v) is 8.09. The molecule has 0 aromatic heterocycles. The molecule has 10 atom stereocenters. The van der Waals surface area contributed by atoms with Crippen LogP contribution >= 0.6 is 0 Å². The minimum Gasteiger partial charge on any atom is -0.547 e. The average Bonchev–Trinajstić information content (AvgIpc) is 2.73. The monoisotopic (exact) mass is 490 g/mol. The van der Waals surface area contributed by atoms with Crippen LogP contribution in [-0.2, 0) is 9.59 Å². The van der Waals surface area contributed by atoms with Gasteiger partial charge in [0.2, 0.25) is 0 Å². The van der Waals surface area contributed by atoms with E-state index in [-0.39, 0.29) is 37.7 Å². The van der Waals surface area contributed by atoms with E-state index in [1.807, 2.05) is 0 Å². The van der Waals surface area contributed by atoms with Crippen LogP contribution in [-0.4, -0.2) is 185 Å². The van der Waals surface area contributed by atoms with Crippen molar-refractivity contribution in [3.8, 4) is 0 Å². The molecule has 0 aromatic carbocycles. The van der Waals surface area contributed by atoms with Crippen LogP contribution in [0.15, 0.2) is 0 Å². The normalized spacial score (nSPS) is 20.8. The molecule has 0 saturated heterocycles. The first-order chi connectivity index (χ1) is 13.6. The molecule has 0 aliphatic carbocycles. The number of carbonyl (C=O) groups is 2. The quantitative estimate of drug-likeness (QED) is 0.113. The van der Waals surface area contributed by atoms with E-state index < -0.39 is 86.2 Å². The van der Waals surface area contributed by atoms with Gasteiger partial charge in [-0.3, -0.25) is 0 Å². The summed E-state index contributed by atoms with van der Waals surface area (Å²) >= 11 is 0. The van der Waals surface area contributed by atoms with E-state index in [2.05, 4.69) is 0 Å². The molecule has 0 amide bonds. The van der Waals surface area contributed by atoms with Crippen molar-refractivity contribution in [2.75, 3.05) is 13.2 Å². The number of hydrogen-bond acceptors (Lipinski definition) is 16. The van der Waals surface area contributed by atoms with E-state index in [9.17, 15) is 19.8 Å². The zero-order valence-corrected chi connectivity index (χ0v) is 18.1. The molecule has 17 heteroatoms. The zero-order chi connectivity index (χ0) is 24.3. The van der Waals surface area contributed by atoms with Crippen molar-refractivity contribution in [3.05, 3.63) is 0 Å². The fraction of sp³-hybridized carbons (Fsp3) is 0.857. The van der Waals surface area contributed by atoms with Crippen LogP contribution in [0, 0.1) is 0 Å². The van der Waals surface area contributed by atoms with Gasteiger partial charge in [0.15, 0.2) is 0 Å². The number of carboxylic acid groups (broad SMARTS) is 2. The Hall–Kier alpha value is -0.280. The molecule has 0 saturated carbocycles. The number of hydrogen-bond donors (Lipinski definition) is 12. The molecule has 0 bridgehead atoms. The third-order valence-corrected chi connectivity index (χ3v) is 3.69. The van der Waals surface area contributed by atoms with E-state index >= 15 is 0 Å². The number of carboxylic acids is 2. The third kappa shape index (κ3) is 11.9. The molecule has 180 valence electrons. The summed E-state index contributed by atoms with van der Waals surface area (Å²) in [6.07, 6.45) is -21.0. The van der Waals surface area contributed by atoms with Crippen LogP contribution < -0.4 is 10.2 Å². The molecule has 31 heavy (non-hydrogen) atoms. The van der Waals surface area contributed by atoms with Gasteiger partial charge in [-0.15, -0.1) is 0 Å². The van der Waals surface area contributed by atoms with Crippen molar-refractivity contribution >= 4 is 49.7 Å². The van der Waals surface area contributed by atoms with Crippen LogP contribution in [0.4, 0.5) is 0 Å². The number of aliphatic carboxylic acids is 2. The summed E-state index contributed by atoms with van der Waals surface area (Å²) in [5.41, 5.74) is 0. The predicted molar refractivity (Wildman–Crippen MR) is 90.0 cm³/mol. The largest absolute Gasteiger partial charge is 2.00 e. The molecule has 0 aliphatic heterocycles. The maximum atomic E-state index is 10.1. The number of aliphatic hydroxyl groups excluding tert-OH is 12. The Bertz CT molecular complexity index is 465. The number of aliphatic hydroxyl groups is 12. The van der Waals surface area contributed by atoms with Gasteiger partial charge < -0.3 is 81.1 Å². The second-order valence-electron chi connectivity index (χ2n) is 5.97. The van der Waals surface area contributed by atoms with Crippen LogP contribution in [0.25, 0.3) is 0 Å². The maximum Gasteiger partial charge on any atom is 2.00 e. The van der Waals surface area contributed by atoms with Gasteiger partial charge in [0, 0.05) is 0 Å². The van der Waals surface area contributed by atoms with Gasteiger partial charge in [0.1, 0.15) is 61.0 Å². The van der Waals surface area contributed by atoms with Crippen molar-refractivity contribution in [1.29, 1.82) is 0 Å². The summed E-state index contributed by atoms with van der Waals surface area (Å²) < 4.78 is 0. The van der Waals surface area contributed by atoms with Crippen molar-refractivity contribution in [2.45, 2.75) is 61.0 Å². The Morgan fingerprint density at radius 3 is 0.903 bits per heavy atom. The standard InChI is InChI=1S/2C7H14O8.Ca/c2*8-1-2(9)3(10)4(11)5(12)6(13)7(14)15;/h2*2-6,8-13H,1H2,(H,14,15);/q;;+2/p-2/t2*2?,3-,4-,5+,6-;/m11./s1. The molecule has 12 N–H and O–H groups in total. The van der Waals surface area contributed by atoms with Gasteiger partial charge in [-0.05, 0) is 0 Å². The SMILES string of the molecule is O=C([O-])[C@H](O)[C@@H](O)[C@H](O)[C@H](O)C(O)CO.O=C([O-])[C@H](O)[C@@H](O)[C@H](O)[C@H](O)C(O)CO.[Ca+2]. The van der Waals surface area contributed by atoms with E-state index in [1.54, 1.807) is 0 Å². The van der Waals surface area contributed by atoms with Gasteiger partial charge >= 0.3 is 37.7 Å². The topological polar surface area (TPSA) is 323 Å². The second kappa shape index (κ2) is 17.2. The summed E-state index contributed by atoms with van der Waals surface area (Å²) in [4.78, 5) is 20.2. The molecule has 0 heterocycles. The Morgan fingerprint density at radius 2 is 0.742 bits per heavy atom. The average molecular weight is 490 g/mol. The Morgan fingerprint density at radius 1 is 0.516 bits per heavy atom. The Balaban J connectivity index is -0.000000490. The minimum atomic E-state index is -2.40. The molecule has 0 radical (unpaired) electrons. The molecular weight excluding hydrogens is 464 g/mol. The van der Waals surface area contributed by atoms with Crippen molar-refractivity contribution in [2.24, 2.45) is 0 Å². The van der Waals surface area contributed by atoms with Gasteiger partial charge in [-0.25, -0.2) is 0 Å². The number of rotatable bonds is 12. The van der Waals surface area contributed by atoms with Gasteiger partial charge in [-0.2, -0.15) is 0 Å². The molecule has 0 aromatic rings. The van der Waals surface area contributed by atoms with Crippen LogP contribution in [0.2, 0.25) is 0 Å². The van der Waals surface area contributed by atoms with E-state index in [4.69, 9.17) is 61.3 Å². The maximum absolute atomic E-state index is 10.1. The van der Waals surface area contributed by atoms with Crippen LogP contribution in [0.3, 0.4) is 0 Å².